The van der Waals surface area contributed by atoms with E-state index in [1.807, 2.05) is 24.3 Å². The van der Waals surface area contributed by atoms with E-state index in [9.17, 15) is 9.90 Å². The number of hydrogen-bond acceptors (Lipinski definition) is 9. The van der Waals surface area contributed by atoms with E-state index in [1.165, 1.54) is 4.68 Å². The van der Waals surface area contributed by atoms with Gasteiger partial charge in [-0.15, -0.1) is 5.10 Å². The summed E-state index contributed by atoms with van der Waals surface area (Å²) in [4.78, 5) is 28.6. The van der Waals surface area contributed by atoms with Gasteiger partial charge in [0.1, 0.15) is 17.2 Å². The van der Waals surface area contributed by atoms with Crippen molar-refractivity contribution in [3.63, 3.8) is 0 Å². The maximum atomic E-state index is 13.0. The quantitative estimate of drug-likeness (QED) is 0.414. The van der Waals surface area contributed by atoms with E-state index in [1.54, 1.807) is 37.5 Å². The van der Waals surface area contributed by atoms with Crippen LogP contribution in [0.15, 0.2) is 54.9 Å². The van der Waals surface area contributed by atoms with Crippen LogP contribution >= 0.6 is 0 Å². The monoisotopic (exact) mass is 471 g/mol. The summed E-state index contributed by atoms with van der Waals surface area (Å²) in [5, 5.41) is 23.9. The Balaban J connectivity index is 1.30. The van der Waals surface area contributed by atoms with Crippen LogP contribution in [-0.2, 0) is 19.5 Å². The first-order chi connectivity index (χ1) is 17.1. The molecule has 0 saturated carbocycles. The van der Waals surface area contributed by atoms with Crippen molar-refractivity contribution in [1.82, 2.24) is 40.1 Å². The lowest BCUT2D eigenvalue weighted by Crippen LogP contribution is -2.31. The van der Waals surface area contributed by atoms with Crippen molar-refractivity contribution in [2.75, 3.05) is 18.5 Å². The van der Waals surface area contributed by atoms with E-state index in [0.717, 1.165) is 42.9 Å². The van der Waals surface area contributed by atoms with E-state index < -0.39 is 0 Å². The second-order valence-corrected chi connectivity index (χ2v) is 8.46. The number of fused-ring (bicyclic) bond motifs is 1. The van der Waals surface area contributed by atoms with Crippen LogP contribution in [-0.4, -0.2) is 64.2 Å². The van der Waals surface area contributed by atoms with Crippen LogP contribution in [0.5, 0.6) is 0 Å². The van der Waals surface area contributed by atoms with Crippen molar-refractivity contribution in [1.29, 1.82) is 0 Å². The highest BCUT2D eigenvalue weighted by Crippen LogP contribution is 2.22. The highest BCUT2D eigenvalue weighted by molar-refractivity contribution is 6.02. The van der Waals surface area contributed by atoms with Crippen LogP contribution in [0.25, 0.3) is 11.5 Å². The zero-order valence-corrected chi connectivity index (χ0v) is 19.2. The van der Waals surface area contributed by atoms with E-state index in [0.29, 0.717) is 23.0 Å². The molecule has 0 unspecified atom stereocenters. The number of carbonyl (C=O) groups excluding carboxylic acids is 1. The number of nitrogens with one attached hydrogen (secondary N) is 1. The lowest BCUT2D eigenvalue weighted by molar-refractivity contribution is 0.102. The number of nitrogens with zero attached hydrogens (tertiary/aromatic N) is 8. The van der Waals surface area contributed by atoms with Crippen LogP contribution in [0, 0.1) is 0 Å². The summed E-state index contributed by atoms with van der Waals surface area (Å²) < 4.78 is 1.50. The summed E-state index contributed by atoms with van der Waals surface area (Å²) in [6.45, 7) is 4.09. The number of anilines is 1. The highest BCUT2D eigenvalue weighted by atomic mass is 16.3. The van der Waals surface area contributed by atoms with Crippen molar-refractivity contribution in [3.8, 4) is 11.5 Å². The average Bonchev–Trinajstić information content (AvgIpc) is 3.39. The molecule has 1 aliphatic heterocycles. The zero-order valence-electron chi connectivity index (χ0n) is 19.2. The minimum absolute atomic E-state index is 0.113. The molecule has 11 nitrogen and oxygen atoms in total. The van der Waals surface area contributed by atoms with E-state index in [2.05, 4.69) is 40.7 Å². The molecule has 4 aromatic heterocycles. The third-order valence-corrected chi connectivity index (χ3v) is 5.91. The maximum Gasteiger partial charge on any atom is 0.275 e. The Morgan fingerprint density at radius 2 is 2.09 bits per heavy atom. The molecule has 0 spiro atoms. The fourth-order valence-corrected chi connectivity index (χ4v) is 4.02. The van der Waals surface area contributed by atoms with Gasteiger partial charge in [-0.2, -0.15) is 0 Å². The summed E-state index contributed by atoms with van der Waals surface area (Å²) in [6.07, 6.45) is 4.47. The molecule has 1 atom stereocenters. The first kappa shape index (κ1) is 22.7. The summed E-state index contributed by atoms with van der Waals surface area (Å²) >= 11 is 0. The molecule has 0 radical (unpaired) electrons. The van der Waals surface area contributed by atoms with Crippen molar-refractivity contribution in [3.05, 3.63) is 77.4 Å². The van der Waals surface area contributed by atoms with Gasteiger partial charge in [0.15, 0.2) is 0 Å². The molecule has 0 saturated heterocycles. The second-order valence-electron chi connectivity index (χ2n) is 8.46. The highest BCUT2D eigenvalue weighted by Gasteiger charge is 2.20. The minimum atomic E-state index is -0.345. The summed E-state index contributed by atoms with van der Waals surface area (Å²) in [6, 6.07) is 12.7. The molecule has 178 valence electrons. The van der Waals surface area contributed by atoms with Crippen molar-refractivity contribution < 1.29 is 9.90 Å². The Morgan fingerprint density at radius 1 is 1.17 bits per heavy atom. The molecular weight excluding hydrogens is 446 g/mol. The van der Waals surface area contributed by atoms with E-state index >= 15 is 0 Å². The molecule has 2 N–H and O–H groups in total. The Labute approximate surface area is 201 Å². The maximum absolute atomic E-state index is 13.0. The number of pyridine rings is 3. The number of aliphatic hydroxyl groups is 1. The van der Waals surface area contributed by atoms with Gasteiger partial charge in [-0.3, -0.25) is 19.7 Å². The summed E-state index contributed by atoms with van der Waals surface area (Å²) in [5.74, 6) is 0.417. The molecule has 1 amide bonds. The standard InChI is InChI=1S/C24H25N9O2/c1-16(15-34)33-23(29-30-31-33)20-6-4-7-22(27-20)28-24(35)21-11-18-13-32(10-8-17(18)12-26-21)14-19-5-2-3-9-25-19/h2-7,9,11-12,16,34H,8,10,13-15H2,1H3,(H,27,28,35)/t16-/m1/s1. The average molecular weight is 472 g/mol. The van der Waals surface area contributed by atoms with E-state index in [-0.39, 0.29) is 18.6 Å². The van der Waals surface area contributed by atoms with Gasteiger partial charge in [0.25, 0.3) is 5.91 Å². The lowest BCUT2D eigenvalue weighted by atomic mass is 10.0. The Bertz CT molecular complexity index is 1330. The smallest absolute Gasteiger partial charge is 0.275 e. The number of aliphatic hydroxyl groups excluding tert-OH is 1. The Hall–Kier alpha value is -4.09. The number of amides is 1. The fourth-order valence-electron chi connectivity index (χ4n) is 4.02. The topological polar surface area (TPSA) is 135 Å². The molecule has 0 aliphatic carbocycles. The number of tetrazole rings is 1. The Kier molecular flexibility index (Phi) is 6.51. The molecule has 0 bridgehead atoms. The van der Waals surface area contributed by atoms with Crippen molar-refractivity contribution in [2.24, 2.45) is 0 Å². The second kappa shape index (κ2) is 10.0. The van der Waals surface area contributed by atoms with Gasteiger partial charge in [-0.1, -0.05) is 12.1 Å². The molecule has 1 aliphatic rings. The van der Waals surface area contributed by atoms with E-state index in [4.69, 9.17) is 0 Å². The summed E-state index contributed by atoms with van der Waals surface area (Å²) in [5.41, 5.74) is 4.08. The van der Waals surface area contributed by atoms with Gasteiger partial charge in [-0.05, 0) is 65.2 Å². The van der Waals surface area contributed by atoms with Crippen molar-refractivity contribution >= 4 is 11.7 Å². The number of carbonyl (C=O) groups is 1. The minimum Gasteiger partial charge on any atom is -0.394 e. The first-order valence-electron chi connectivity index (χ1n) is 11.4. The van der Waals surface area contributed by atoms with Crippen LogP contribution in [0.3, 0.4) is 0 Å². The molecule has 0 fully saturated rings. The number of hydrogen-bond donors (Lipinski definition) is 2. The van der Waals surface area contributed by atoms with Gasteiger partial charge in [0, 0.05) is 32.0 Å². The molecule has 35 heavy (non-hydrogen) atoms. The summed E-state index contributed by atoms with van der Waals surface area (Å²) in [7, 11) is 0. The predicted octanol–water partition coefficient (Wildman–Crippen LogP) is 1.89. The molecular formula is C24H25N9O2. The van der Waals surface area contributed by atoms with Gasteiger partial charge < -0.3 is 10.4 Å². The molecule has 5 heterocycles. The van der Waals surface area contributed by atoms with Crippen LogP contribution in [0.4, 0.5) is 5.82 Å². The molecule has 4 aromatic rings. The Morgan fingerprint density at radius 3 is 2.91 bits per heavy atom. The normalized spacial score (nSPS) is 14.3. The predicted molar refractivity (Wildman–Crippen MR) is 127 cm³/mol. The largest absolute Gasteiger partial charge is 0.394 e. The molecule has 0 aromatic carbocycles. The first-order valence-corrected chi connectivity index (χ1v) is 11.4. The fraction of sp³-hybridized carbons (Fsp3) is 0.292. The van der Waals surface area contributed by atoms with Crippen LogP contribution in [0.1, 0.15) is 40.3 Å². The van der Waals surface area contributed by atoms with Crippen LogP contribution < -0.4 is 5.32 Å². The van der Waals surface area contributed by atoms with Gasteiger partial charge in [0.05, 0.1) is 18.3 Å². The zero-order chi connectivity index (χ0) is 24.2. The molecule has 5 rings (SSSR count). The SMILES string of the molecule is C[C@H](CO)n1nnnc1-c1cccc(NC(=O)c2cc3c(cn2)CCN(Cc2ccccn2)C3)n1. The molecule has 11 heteroatoms. The van der Waals surface area contributed by atoms with Gasteiger partial charge in [-0.25, -0.2) is 9.67 Å². The third-order valence-electron chi connectivity index (χ3n) is 5.91. The number of aromatic nitrogens is 7. The third kappa shape index (κ3) is 5.05. The van der Waals surface area contributed by atoms with Gasteiger partial charge in [0.2, 0.25) is 5.82 Å². The lowest BCUT2D eigenvalue weighted by Gasteiger charge is -2.28. The van der Waals surface area contributed by atoms with Crippen LogP contribution in [0.2, 0.25) is 0 Å². The number of rotatable bonds is 7. The van der Waals surface area contributed by atoms with Gasteiger partial charge >= 0.3 is 0 Å². The van der Waals surface area contributed by atoms with Crippen molar-refractivity contribution in [2.45, 2.75) is 32.5 Å².